The lowest BCUT2D eigenvalue weighted by Crippen LogP contribution is -2.50. The summed E-state index contributed by atoms with van der Waals surface area (Å²) < 4.78 is 19.0. The van der Waals surface area contributed by atoms with Crippen LogP contribution in [0.4, 0.5) is 4.39 Å². The van der Waals surface area contributed by atoms with E-state index in [1.807, 2.05) is 0 Å². The van der Waals surface area contributed by atoms with Crippen LogP contribution in [0.25, 0.3) is 0 Å². The van der Waals surface area contributed by atoms with E-state index in [9.17, 15) is 9.50 Å². The first-order chi connectivity index (χ1) is 7.17. The molecule has 0 amide bonds. The van der Waals surface area contributed by atoms with Crippen LogP contribution in [0.5, 0.6) is 0 Å². The minimum absolute atomic E-state index is 0.233. The van der Waals surface area contributed by atoms with Gasteiger partial charge in [0.25, 0.3) is 6.02 Å². The van der Waals surface area contributed by atoms with Crippen LogP contribution >= 0.6 is 0 Å². The van der Waals surface area contributed by atoms with E-state index in [0.29, 0.717) is 12.4 Å². The fourth-order valence-electron chi connectivity index (χ4n) is 2.13. The van der Waals surface area contributed by atoms with Crippen LogP contribution in [0.1, 0.15) is 6.42 Å². The predicted octanol–water partition coefficient (Wildman–Crippen LogP) is -0.960. The Hall–Kier alpha value is -0.880. The molecule has 0 radical (unpaired) electrons. The van der Waals surface area contributed by atoms with Gasteiger partial charge in [-0.3, -0.25) is 0 Å². The van der Waals surface area contributed by atoms with E-state index in [4.69, 9.17) is 9.84 Å². The normalized spacial score (nSPS) is 44.3. The maximum absolute atomic E-state index is 13.7. The fourth-order valence-corrected chi connectivity index (χ4v) is 2.13. The number of hydrogen-bond donors (Lipinski definition) is 3. The van der Waals surface area contributed by atoms with Crippen molar-refractivity contribution in [1.82, 2.24) is 5.32 Å². The zero-order valence-corrected chi connectivity index (χ0v) is 8.43. The fraction of sp³-hybridized carbons (Fsp3) is 0.889. The number of halogens is 1. The van der Waals surface area contributed by atoms with Crippen LogP contribution in [-0.2, 0) is 4.74 Å². The number of nitrogens with one attached hydrogen (secondary N) is 1. The Bertz CT molecular complexity index is 274. The number of hydrogen-bond acceptors (Lipinski definition) is 5. The molecule has 3 N–H and O–H groups in total. The van der Waals surface area contributed by atoms with E-state index in [2.05, 4.69) is 10.3 Å². The van der Waals surface area contributed by atoms with E-state index in [-0.39, 0.29) is 12.7 Å². The standard InChI is InChI=1S/C9H15FN2O3/c1-11-9-12-7-5(15-9)2-4(3-13)8(14)6(7)10/h4-8,13-14H,2-3H2,1H3,(H,11,12)/t4-,5+,6-,7+,8+/m1/s1. The average molecular weight is 218 g/mol. The molecule has 1 saturated carbocycles. The maximum Gasteiger partial charge on any atom is 0.285 e. The summed E-state index contributed by atoms with van der Waals surface area (Å²) in [5, 5.41) is 21.3. The molecule has 0 unspecified atom stereocenters. The van der Waals surface area contributed by atoms with Gasteiger partial charge in [0.1, 0.15) is 12.1 Å². The van der Waals surface area contributed by atoms with Crippen molar-refractivity contribution in [2.75, 3.05) is 13.7 Å². The summed E-state index contributed by atoms with van der Waals surface area (Å²) in [7, 11) is 1.64. The van der Waals surface area contributed by atoms with E-state index >= 15 is 0 Å². The Labute approximate surface area is 87.0 Å². The summed E-state index contributed by atoms with van der Waals surface area (Å²) in [4.78, 5) is 4.00. The maximum atomic E-state index is 13.7. The zero-order valence-electron chi connectivity index (χ0n) is 8.43. The summed E-state index contributed by atoms with van der Waals surface area (Å²) >= 11 is 0. The van der Waals surface area contributed by atoms with E-state index in [1.54, 1.807) is 7.05 Å². The molecule has 5 atom stereocenters. The summed E-state index contributed by atoms with van der Waals surface area (Å²) in [6.07, 6.45) is -2.56. The molecule has 6 heteroatoms. The van der Waals surface area contributed by atoms with Gasteiger partial charge in [-0.1, -0.05) is 0 Å². The Balaban J connectivity index is 2.12. The van der Waals surface area contributed by atoms with Crippen molar-refractivity contribution >= 4 is 6.02 Å². The zero-order chi connectivity index (χ0) is 11.0. The first kappa shape index (κ1) is 10.6. The van der Waals surface area contributed by atoms with Gasteiger partial charge in [-0.15, -0.1) is 0 Å². The van der Waals surface area contributed by atoms with Crippen molar-refractivity contribution in [3.8, 4) is 0 Å². The number of aliphatic hydroxyl groups excluding tert-OH is 2. The number of fused-ring (bicyclic) bond motifs is 1. The van der Waals surface area contributed by atoms with E-state index < -0.39 is 24.2 Å². The van der Waals surface area contributed by atoms with E-state index in [1.165, 1.54) is 0 Å². The smallest absolute Gasteiger partial charge is 0.285 e. The van der Waals surface area contributed by atoms with Crippen LogP contribution in [0.2, 0.25) is 0 Å². The van der Waals surface area contributed by atoms with Gasteiger partial charge < -0.3 is 20.3 Å². The minimum atomic E-state index is -1.47. The van der Waals surface area contributed by atoms with Gasteiger partial charge in [-0.2, -0.15) is 0 Å². The van der Waals surface area contributed by atoms with Gasteiger partial charge in [0.2, 0.25) is 0 Å². The Morgan fingerprint density at radius 1 is 1.67 bits per heavy atom. The first-order valence-corrected chi connectivity index (χ1v) is 5.02. The second-order valence-electron chi connectivity index (χ2n) is 3.94. The summed E-state index contributed by atoms with van der Waals surface area (Å²) in [5.74, 6) is -0.465. The van der Waals surface area contributed by atoms with Crippen molar-refractivity contribution in [2.45, 2.75) is 30.8 Å². The number of ether oxygens (including phenoxy) is 1. The molecule has 0 aromatic carbocycles. The molecule has 5 nitrogen and oxygen atoms in total. The second-order valence-corrected chi connectivity index (χ2v) is 3.94. The lowest BCUT2D eigenvalue weighted by atomic mass is 9.81. The molecular weight excluding hydrogens is 203 g/mol. The summed E-state index contributed by atoms with van der Waals surface area (Å²) in [5.41, 5.74) is 0. The highest BCUT2D eigenvalue weighted by Crippen LogP contribution is 2.34. The van der Waals surface area contributed by atoms with Crippen molar-refractivity contribution in [1.29, 1.82) is 0 Å². The van der Waals surface area contributed by atoms with Crippen molar-refractivity contribution < 1.29 is 19.3 Å². The third-order valence-corrected chi connectivity index (χ3v) is 3.03. The van der Waals surface area contributed by atoms with Gasteiger partial charge in [0.15, 0.2) is 6.17 Å². The molecule has 0 spiro atoms. The monoisotopic (exact) mass is 218 g/mol. The molecule has 15 heavy (non-hydrogen) atoms. The highest BCUT2D eigenvalue weighted by molar-refractivity contribution is 5.75. The summed E-state index contributed by atoms with van der Waals surface area (Å²) in [6, 6.07) is -0.344. The molecule has 0 bridgehead atoms. The van der Waals surface area contributed by atoms with Gasteiger partial charge >= 0.3 is 0 Å². The SMILES string of the molecule is CNC1=N[C@@H]2[C@@H](F)[C@@H](O)[C@@H](CO)C[C@@H]2O1. The Morgan fingerprint density at radius 2 is 2.40 bits per heavy atom. The number of aliphatic imine (C=N–C) groups is 1. The van der Waals surface area contributed by atoms with Crippen LogP contribution in [-0.4, -0.2) is 54.3 Å². The average Bonchev–Trinajstić information content (AvgIpc) is 2.66. The molecule has 2 rings (SSSR count). The quantitative estimate of drug-likeness (QED) is 0.530. The molecule has 0 aromatic heterocycles. The van der Waals surface area contributed by atoms with E-state index in [0.717, 1.165) is 0 Å². The van der Waals surface area contributed by atoms with Crippen molar-refractivity contribution in [3.05, 3.63) is 0 Å². The van der Waals surface area contributed by atoms with Crippen LogP contribution < -0.4 is 5.32 Å². The Morgan fingerprint density at radius 3 is 3.00 bits per heavy atom. The number of amidine groups is 1. The van der Waals surface area contributed by atoms with Gasteiger partial charge in [-0.05, 0) is 6.42 Å². The predicted molar refractivity (Wildman–Crippen MR) is 51.3 cm³/mol. The van der Waals surface area contributed by atoms with Crippen LogP contribution in [0.15, 0.2) is 4.99 Å². The number of nitrogens with zero attached hydrogens (tertiary/aromatic N) is 1. The molecular formula is C9H15FN2O3. The molecule has 1 aliphatic heterocycles. The highest BCUT2D eigenvalue weighted by Gasteiger charge is 2.48. The van der Waals surface area contributed by atoms with Crippen LogP contribution in [0, 0.1) is 5.92 Å². The summed E-state index contributed by atoms with van der Waals surface area (Å²) in [6.45, 7) is -0.233. The minimum Gasteiger partial charge on any atom is -0.460 e. The number of aliphatic hydroxyl groups is 2. The van der Waals surface area contributed by atoms with Crippen LogP contribution in [0.3, 0.4) is 0 Å². The molecule has 0 aromatic rings. The largest absolute Gasteiger partial charge is 0.460 e. The molecule has 2 aliphatic rings. The third kappa shape index (κ3) is 1.68. The topological polar surface area (TPSA) is 74.1 Å². The molecule has 1 aliphatic carbocycles. The number of rotatable bonds is 1. The molecule has 1 heterocycles. The highest BCUT2D eigenvalue weighted by atomic mass is 19.1. The lowest BCUT2D eigenvalue weighted by molar-refractivity contribution is -0.0632. The van der Waals surface area contributed by atoms with Crippen molar-refractivity contribution in [2.24, 2.45) is 10.9 Å². The lowest BCUT2D eigenvalue weighted by Gasteiger charge is -2.35. The van der Waals surface area contributed by atoms with Gasteiger partial charge in [-0.25, -0.2) is 9.38 Å². The molecule has 1 fully saturated rings. The molecule has 86 valence electrons. The second kappa shape index (κ2) is 3.94. The van der Waals surface area contributed by atoms with Gasteiger partial charge in [0, 0.05) is 19.6 Å². The first-order valence-electron chi connectivity index (χ1n) is 5.02. The van der Waals surface area contributed by atoms with Gasteiger partial charge in [0.05, 0.1) is 6.10 Å². The number of alkyl halides is 1. The molecule has 0 saturated heterocycles. The Kier molecular flexibility index (Phi) is 2.79. The van der Waals surface area contributed by atoms with Crippen molar-refractivity contribution in [3.63, 3.8) is 0 Å². The third-order valence-electron chi connectivity index (χ3n) is 3.03.